The first kappa shape index (κ1) is 20.9. The van der Waals surface area contributed by atoms with Gasteiger partial charge in [-0.2, -0.15) is 0 Å². The first-order chi connectivity index (χ1) is 16.3. The number of hydrogen-bond donors (Lipinski definition) is 0. The van der Waals surface area contributed by atoms with E-state index < -0.39 is 0 Å². The van der Waals surface area contributed by atoms with Crippen LogP contribution in [0.3, 0.4) is 0 Å². The average Bonchev–Trinajstić information content (AvgIpc) is 3.33. The Labute approximate surface area is 199 Å². The van der Waals surface area contributed by atoms with Crippen molar-refractivity contribution >= 4 is 38.0 Å². The molecule has 1 aliphatic carbocycles. The van der Waals surface area contributed by atoms with Crippen LogP contribution in [0.5, 0.6) is 5.75 Å². The monoisotopic (exact) mass is 457 g/mol. The number of thiophene rings is 1. The van der Waals surface area contributed by atoms with Crippen LogP contribution < -0.4 is 9.64 Å². The molecule has 2 aromatic heterocycles. The molecule has 0 N–H and O–H groups in total. The first-order valence-electron chi connectivity index (χ1n) is 12.2. The van der Waals surface area contributed by atoms with Gasteiger partial charge in [0.2, 0.25) is 0 Å². The third-order valence-electron chi connectivity index (χ3n) is 7.61. The van der Waals surface area contributed by atoms with E-state index >= 15 is 0 Å². The second-order valence-corrected chi connectivity index (χ2v) is 10.6. The molecule has 0 radical (unpaired) electrons. The number of hydrogen-bond acceptors (Lipinski definition) is 5. The number of pyridine rings is 1. The number of aromatic nitrogens is 1. The Hall–Kier alpha value is -2.63. The summed E-state index contributed by atoms with van der Waals surface area (Å²) < 4.78 is 7.01. The van der Waals surface area contributed by atoms with Crippen molar-refractivity contribution in [2.75, 3.05) is 38.2 Å². The van der Waals surface area contributed by atoms with E-state index in [0.717, 1.165) is 54.8 Å². The number of benzene rings is 2. The van der Waals surface area contributed by atoms with Gasteiger partial charge >= 0.3 is 0 Å². The molecule has 1 saturated carbocycles. The SMILES string of the molecule is COc1cc(N2CCN([C@H]3CC[C@H](c4cc5ccccc5s4)CC3)CC2)c2ncccc2c1. The molecule has 170 valence electrons. The van der Waals surface area contributed by atoms with Crippen LogP contribution in [0.4, 0.5) is 5.69 Å². The lowest BCUT2D eigenvalue weighted by Crippen LogP contribution is -2.51. The van der Waals surface area contributed by atoms with E-state index in [1.165, 1.54) is 41.5 Å². The van der Waals surface area contributed by atoms with Crippen molar-refractivity contribution in [2.24, 2.45) is 0 Å². The van der Waals surface area contributed by atoms with E-state index in [0.29, 0.717) is 0 Å². The molecular weight excluding hydrogens is 426 g/mol. The van der Waals surface area contributed by atoms with Crippen molar-refractivity contribution in [3.63, 3.8) is 0 Å². The molecule has 33 heavy (non-hydrogen) atoms. The molecule has 0 atom stereocenters. The number of methoxy groups -OCH3 is 1. The van der Waals surface area contributed by atoms with Crippen molar-refractivity contribution in [1.29, 1.82) is 0 Å². The summed E-state index contributed by atoms with van der Waals surface area (Å²) in [7, 11) is 1.74. The number of fused-ring (bicyclic) bond motifs is 2. The summed E-state index contributed by atoms with van der Waals surface area (Å²) in [6.07, 6.45) is 7.18. The predicted octanol–water partition coefficient (Wildman–Crippen LogP) is 6.31. The van der Waals surface area contributed by atoms with Crippen LogP contribution in [0.15, 0.2) is 60.8 Å². The van der Waals surface area contributed by atoms with Gasteiger partial charge < -0.3 is 9.64 Å². The summed E-state index contributed by atoms with van der Waals surface area (Å²) in [5.74, 6) is 1.65. The number of rotatable bonds is 4. The van der Waals surface area contributed by atoms with Crippen LogP contribution in [0.1, 0.15) is 36.5 Å². The molecule has 5 heteroatoms. The molecular formula is C28H31N3OS. The maximum absolute atomic E-state index is 5.57. The molecule has 4 nitrogen and oxygen atoms in total. The Kier molecular flexibility index (Phi) is 5.68. The first-order valence-corrected chi connectivity index (χ1v) is 13.0. The molecule has 4 aromatic rings. The third-order valence-corrected chi connectivity index (χ3v) is 8.89. The Morgan fingerprint density at radius 2 is 1.67 bits per heavy atom. The highest BCUT2D eigenvalue weighted by Crippen LogP contribution is 2.40. The topological polar surface area (TPSA) is 28.6 Å². The minimum absolute atomic E-state index is 0.734. The highest BCUT2D eigenvalue weighted by molar-refractivity contribution is 7.19. The Balaban J connectivity index is 1.10. The standard InChI is InChI=1S/C28H31N3OS/c1-32-24-17-22-6-4-12-29-28(22)25(19-24)31-15-13-30(14-16-31)23-10-8-20(9-11-23)27-18-21-5-2-3-7-26(21)33-27/h2-7,12,17-20,23H,8-11,13-16H2,1H3/t20-,23-. The van der Waals surface area contributed by atoms with Crippen LogP contribution in [-0.2, 0) is 0 Å². The Morgan fingerprint density at radius 3 is 2.45 bits per heavy atom. The highest BCUT2D eigenvalue weighted by Gasteiger charge is 2.30. The molecule has 2 fully saturated rings. The number of nitrogens with zero attached hydrogens (tertiary/aromatic N) is 3. The predicted molar refractivity (Wildman–Crippen MR) is 139 cm³/mol. The maximum Gasteiger partial charge on any atom is 0.121 e. The fourth-order valence-electron chi connectivity index (χ4n) is 5.76. The van der Waals surface area contributed by atoms with Gasteiger partial charge in [-0.15, -0.1) is 11.3 Å². The second-order valence-electron chi connectivity index (χ2n) is 9.44. The second kappa shape index (κ2) is 8.96. The van der Waals surface area contributed by atoms with Crippen LogP contribution in [0, 0.1) is 0 Å². The van der Waals surface area contributed by atoms with Crippen molar-refractivity contribution < 1.29 is 4.74 Å². The zero-order chi connectivity index (χ0) is 22.2. The summed E-state index contributed by atoms with van der Waals surface area (Å²) in [6, 6.07) is 20.4. The van der Waals surface area contributed by atoms with E-state index in [-0.39, 0.29) is 0 Å². The molecule has 0 bridgehead atoms. The van der Waals surface area contributed by atoms with Gasteiger partial charge in [-0.3, -0.25) is 9.88 Å². The molecule has 0 spiro atoms. The lowest BCUT2D eigenvalue weighted by Gasteiger charge is -2.42. The van der Waals surface area contributed by atoms with Gasteiger partial charge in [-0.25, -0.2) is 0 Å². The van der Waals surface area contributed by atoms with Gasteiger partial charge in [-0.1, -0.05) is 24.3 Å². The number of anilines is 1. The lowest BCUT2D eigenvalue weighted by molar-refractivity contribution is 0.142. The fourth-order valence-corrected chi connectivity index (χ4v) is 7.00. The smallest absolute Gasteiger partial charge is 0.121 e. The van der Waals surface area contributed by atoms with Crippen molar-refractivity contribution in [3.8, 4) is 5.75 Å². The zero-order valence-corrected chi connectivity index (χ0v) is 20.1. The zero-order valence-electron chi connectivity index (χ0n) is 19.2. The summed E-state index contributed by atoms with van der Waals surface area (Å²) in [6.45, 7) is 4.36. The van der Waals surface area contributed by atoms with Crippen molar-refractivity contribution in [2.45, 2.75) is 37.6 Å². The van der Waals surface area contributed by atoms with Gasteiger partial charge in [0, 0.05) is 59.4 Å². The van der Waals surface area contributed by atoms with E-state index in [2.05, 4.69) is 63.3 Å². The van der Waals surface area contributed by atoms with Gasteiger partial charge in [0.15, 0.2) is 0 Å². The molecule has 1 aliphatic heterocycles. The molecule has 2 aliphatic rings. The summed E-state index contributed by atoms with van der Waals surface area (Å²) in [5, 5.41) is 2.56. The molecule has 6 rings (SSSR count). The molecule has 1 saturated heterocycles. The van der Waals surface area contributed by atoms with Gasteiger partial charge in [0.1, 0.15) is 5.75 Å². The van der Waals surface area contributed by atoms with E-state index in [1.54, 1.807) is 12.0 Å². The van der Waals surface area contributed by atoms with Crippen LogP contribution in [0.25, 0.3) is 21.0 Å². The van der Waals surface area contributed by atoms with E-state index in [1.807, 2.05) is 23.6 Å². The van der Waals surface area contributed by atoms with Gasteiger partial charge in [0.05, 0.1) is 18.3 Å². The average molecular weight is 458 g/mol. The number of piperazine rings is 1. The van der Waals surface area contributed by atoms with E-state index in [9.17, 15) is 0 Å². The van der Waals surface area contributed by atoms with Gasteiger partial charge in [0.25, 0.3) is 0 Å². The Morgan fingerprint density at radius 1 is 0.879 bits per heavy atom. The quantitative estimate of drug-likeness (QED) is 0.359. The summed E-state index contributed by atoms with van der Waals surface area (Å²) >= 11 is 2.01. The van der Waals surface area contributed by atoms with E-state index in [4.69, 9.17) is 4.74 Å². The Bertz CT molecular complexity index is 1220. The summed E-state index contributed by atoms with van der Waals surface area (Å²) in [4.78, 5) is 11.5. The number of ether oxygens (including phenoxy) is 1. The fraction of sp³-hybridized carbons (Fsp3) is 0.393. The normalized spacial score (nSPS) is 22.2. The van der Waals surface area contributed by atoms with Crippen molar-refractivity contribution in [1.82, 2.24) is 9.88 Å². The van der Waals surface area contributed by atoms with Crippen LogP contribution in [0.2, 0.25) is 0 Å². The molecule has 0 unspecified atom stereocenters. The largest absolute Gasteiger partial charge is 0.497 e. The highest BCUT2D eigenvalue weighted by atomic mass is 32.1. The van der Waals surface area contributed by atoms with Crippen LogP contribution >= 0.6 is 11.3 Å². The lowest BCUT2D eigenvalue weighted by atomic mass is 9.84. The minimum Gasteiger partial charge on any atom is -0.497 e. The maximum atomic E-state index is 5.57. The third kappa shape index (κ3) is 4.09. The van der Waals surface area contributed by atoms with Gasteiger partial charge in [-0.05, 0) is 61.3 Å². The molecule has 3 heterocycles. The summed E-state index contributed by atoms with van der Waals surface area (Å²) in [5.41, 5.74) is 2.29. The van der Waals surface area contributed by atoms with Crippen LogP contribution in [-0.4, -0.2) is 49.2 Å². The molecule has 2 aromatic carbocycles. The minimum atomic E-state index is 0.734. The molecule has 0 amide bonds. The van der Waals surface area contributed by atoms with Crippen molar-refractivity contribution in [3.05, 3.63) is 65.7 Å².